The molecule has 0 aromatic heterocycles. The van der Waals surface area contributed by atoms with E-state index in [1.54, 1.807) is 0 Å². The van der Waals surface area contributed by atoms with E-state index in [0.29, 0.717) is 18.7 Å². The molecule has 0 rings (SSSR count). The van der Waals surface area contributed by atoms with Crippen LogP contribution in [0.4, 0.5) is 4.79 Å². The number of aliphatic carboxylic acids is 1. The van der Waals surface area contributed by atoms with Gasteiger partial charge in [0.2, 0.25) is 5.91 Å². The first-order valence-corrected chi connectivity index (χ1v) is 6.02. The van der Waals surface area contributed by atoms with Crippen LogP contribution in [0.25, 0.3) is 0 Å². The van der Waals surface area contributed by atoms with Gasteiger partial charge in [0, 0.05) is 18.7 Å². The maximum atomic E-state index is 11.6. The Morgan fingerprint density at radius 3 is 2.20 bits per heavy atom. The van der Waals surface area contributed by atoms with Gasteiger partial charge in [0.05, 0.1) is 0 Å². The maximum absolute atomic E-state index is 11.6. The Bertz CT molecular complexity index is 417. The highest BCUT2D eigenvalue weighted by Gasteiger charge is 2.16. The van der Waals surface area contributed by atoms with Gasteiger partial charge in [-0.25, -0.2) is 9.59 Å². The van der Waals surface area contributed by atoms with Crippen molar-refractivity contribution in [2.75, 3.05) is 6.54 Å². The lowest BCUT2D eigenvalue weighted by atomic mass is 10.2. The molecule has 4 N–H and O–H groups in total. The Kier molecular flexibility index (Phi) is 7.64. The smallest absolute Gasteiger partial charge is 0.328 e. The highest BCUT2D eigenvalue weighted by molar-refractivity contribution is 6.03. The number of urea groups is 1. The van der Waals surface area contributed by atoms with E-state index in [1.807, 2.05) is 19.2 Å². The topological polar surface area (TPSA) is 125 Å². The van der Waals surface area contributed by atoms with E-state index in [0.717, 1.165) is 0 Å². The molecule has 0 fully saturated rings. The summed E-state index contributed by atoms with van der Waals surface area (Å²) in [5, 5.41) is 15.0. The van der Waals surface area contributed by atoms with Gasteiger partial charge in [-0.3, -0.25) is 14.9 Å². The van der Waals surface area contributed by atoms with Gasteiger partial charge in [-0.2, -0.15) is 0 Å². The van der Waals surface area contributed by atoms with Crippen LogP contribution in [0.3, 0.4) is 0 Å². The van der Waals surface area contributed by atoms with Crippen LogP contribution < -0.4 is 16.0 Å². The zero-order chi connectivity index (χ0) is 15.7. The van der Waals surface area contributed by atoms with Crippen LogP contribution >= 0.6 is 0 Å². The van der Waals surface area contributed by atoms with Crippen molar-refractivity contribution < 1.29 is 24.3 Å². The molecule has 0 saturated carbocycles. The summed E-state index contributed by atoms with van der Waals surface area (Å²) < 4.78 is 0. The van der Waals surface area contributed by atoms with E-state index in [1.165, 1.54) is 6.92 Å². The molecular weight excluding hydrogens is 266 g/mol. The fourth-order valence-corrected chi connectivity index (χ4v) is 1.06. The summed E-state index contributed by atoms with van der Waals surface area (Å²) in [6.45, 7) is 5.80. The fraction of sp³-hybridized carbons (Fsp3) is 0.500. The fourth-order valence-electron chi connectivity index (χ4n) is 1.06. The molecule has 0 heterocycles. The minimum absolute atomic E-state index is 0.280. The Labute approximate surface area is 116 Å². The third-order valence-electron chi connectivity index (χ3n) is 2.04. The second kappa shape index (κ2) is 8.68. The van der Waals surface area contributed by atoms with Crippen molar-refractivity contribution in [3.63, 3.8) is 0 Å². The molecule has 0 aliphatic heterocycles. The van der Waals surface area contributed by atoms with E-state index in [4.69, 9.17) is 5.11 Å². The van der Waals surface area contributed by atoms with Crippen molar-refractivity contribution in [1.29, 1.82) is 0 Å². The van der Waals surface area contributed by atoms with Crippen molar-refractivity contribution in [1.82, 2.24) is 16.0 Å². The standard InChI is InChI=1S/C12H19N3O5/c1-7(2)6-13-11(19)8(3)14-12(20)15-9(16)4-5-10(17)18/h4-5,7-8H,6H2,1-3H3,(H,13,19)(H,17,18)(H2,14,15,16,20)/b5-4+. The first-order valence-electron chi connectivity index (χ1n) is 6.02. The Morgan fingerprint density at radius 2 is 1.70 bits per heavy atom. The predicted molar refractivity (Wildman–Crippen MR) is 70.8 cm³/mol. The van der Waals surface area contributed by atoms with E-state index in [2.05, 4.69) is 10.6 Å². The van der Waals surface area contributed by atoms with Gasteiger partial charge in [0.25, 0.3) is 5.91 Å². The van der Waals surface area contributed by atoms with E-state index in [9.17, 15) is 19.2 Å². The molecular formula is C12H19N3O5. The summed E-state index contributed by atoms with van der Waals surface area (Å²) in [6.07, 6.45) is 1.30. The number of carbonyl (C=O) groups is 4. The number of nitrogens with one attached hydrogen (secondary N) is 3. The van der Waals surface area contributed by atoms with Gasteiger partial charge in [-0.1, -0.05) is 13.8 Å². The van der Waals surface area contributed by atoms with Gasteiger partial charge >= 0.3 is 12.0 Å². The number of carboxylic acid groups (broad SMARTS) is 1. The SMILES string of the molecule is CC(C)CNC(=O)C(C)NC(=O)NC(=O)/C=C/C(=O)O. The van der Waals surface area contributed by atoms with Crippen LogP contribution in [0.2, 0.25) is 0 Å². The second-order valence-electron chi connectivity index (χ2n) is 4.49. The summed E-state index contributed by atoms with van der Waals surface area (Å²) in [5.74, 6) is -2.29. The number of carbonyl (C=O) groups excluding carboxylic acids is 3. The number of rotatable bonds is 6. The Balaban J connectivity index is 4.16. The van der Waals surface area contributed by atoms with Gasteiger partial charge in [0.1, 0.15) is 6.04 Å². The van der Waals surface area contributed by atoms with Crippen molar-refractivity contribution in [2.24, 2.45) is 5.92 Å². The molecule has 0 aliphatic carbocycles. The average Bonchev–Trinajstić information content (AvgIpc) is 2.32. The van der Waals surface area contributed by atoms with Crippen LogP contribution in [0.5, 0.6) is 0 Å². The number of hydrogen-bond donors (Lipinski definition) is 4. The van der Waals surface area contributed by atoms with Crippen molar-refractivity contribution in [3.8, 4) is 0 Å². The molecule has 4 amide bonds. The van der Waals surface area contributed by atoms with Gasteiger partial charge in [-0.05, 0) is 12.8 Å². The molecule has 1 unspecified atom stereocenters. The lowest BCUT2D eigenvalue weighted by Crippen LogP contribution is -2.49. The zero-order valence-electron chi connectivity index (χ0n) is 11.6. The molecule has 112 valence electrons. The lowest BCUT2D eigenvalue weighted by molar-refractivity contribution is -0.131. The molecule has 20 heavy (non-hydrogen) atoms. The van der Waals surface area contributed by atoms with Gasteiger partial charge in [-0.15, -0.1) is 0 Å². The maximum Gasteiger partial charge on any atom is 0.328 e. The minimum atomic E-state index is -1.30. The van der Waals surface area contributed by atoms with Crippen LogP contribution in [0, 0.1) is 5.92 Å². The van der Waals surface area contributed by atoms with Gasteiger partial charge < -0.3 is 15.7 Å². The largest absolute Gasteiger partial charge is 0.478 e. The summed E-state index contributed by atoms with van der Waals surface area (Å²) in [7, 11) is 0. The third kappa shape index (κ3) is 8.67. The predicted octanol–water partition coefficient (Wildman–Crippen LogP) is -0.386. The average molecular weight is 285 g/mol. The molecule has 0 aromatic carbocycles. The summed E-state index contributed by atoms with van der Waals surface area (Å²) in [4.78, 5) is 44.2. The summed E-state index contributed by atoms with van der Waals surface area (Å²) in [6, 6.07) is -1.69. The molecule has 0 spiro atoms. The van der Waals surface area contributed by atoms with E-state index in [-0.39, 0.29) is 11.8 Å². The quantitative estimate of drug-likeness (QED) is 0.495. The summed E-state index contributed by atoms with van der Waals surface area (Å²) in [5.41, 5.74) is 0. The molecule has 0 aliphatic rings. The number of imide groups is 1. The highest BCUT2D eigenvalue weighted by Crippen LogP contribution is 1.89. The zero-order valence-corrected chi connectivity index (χ0v) is 11.6. The Hall–Kier alpha value is -2.38. The molecule has 0 radical (unpaired) electrons. The molecule has 0 bridgehead atoms. The second-order valence-corrected chi connectivity index (χ2v) is 4.49. The van der Waals surface area contributed by atoms with Gasteiger partial charge in [0.15, 0.2) is 0 Å². The lowest BCUT2D eigenvalue weighted by Gasteiger charge is -2.14. The molecule has 0 aromatic rings. The van der Waals surface area contributed by atoms with Crippen molar-refractivity contribution >= 4 is 23.8 Å². The number of hydrogen-bond acceptors (Lipinski definition) is 4. The molecule has 0 saturated heterocycles. The van der Waals surface area contributed by atoms with Crippen molar-refractivity contribution in [2.45, 2.75) is 26.8 Å². The Morgan fingerprint density at radius 1 is 1.10 bits per heavy atom. The van der Waals surface area contributed by atoms with E-state index >= 15 is 0 Å². The van der Waals surface area contributed by atoms with Crippen LogP contribution in [0.15, 0.2) is 12.2 Å². The molecule has 1 atom stereocenters. The van der Waals surface area contributed by atoms with Crippen LogP contribution in [-0.4, -0.2) is 41.5 Å². The number of amides is 4. The first kappa shape index (κ1) is 17.6. The van der Waals surface area contributed by atoms with E-state index < -0.39 is 23.9 Å². The third-order valence-corrected chi connectivity index (χ3v) is 2.04. The molecule has 8 nitrogen and oxygen atoms in total. The minimum Gasteiger partial charge on any atom is -0.478 e. The normalized spacial score (nSPS) is 12.0. The van der Waals surface area contributed by atoms with Crippen LogP contribution in [-0.2, 0) is 14.4 Å². The number of carboxylic acids is 1. The summed E-state index contributed by atoms with van der Waals surface area (Å²) >= 11 is 0. The monoisotopic (exact) mass is 285 g/mol. The first-order chi connectivity index (χ1) is 9.22. The van der Waals surface area contributed by atoms with Crippen LogP contribution in [0.1, 0.15) is 20.8 Å². The van der Waals surface area contributed by atoms with Crippen molar-refractivity contribution in [3.05, 3.63) is 12.2 Å². The molecule has 8 heteroatoms. The highest BCUT2D eigenvalue weighted by atomic mass is 16.4.